The van der Waals surface area contributed by atoms with Gasteiger partial charge in [-0.3, -0.25) is 4.98 Å². The summed E-state index contributed by atoms with van der Waals surface area (Å²) >= 11 is 5.84. The van der Waals surface area contributed by atoms with Crippen LogP contribution >= 0.6 is 11.6 Å². The first-order chi connectivity index (χ1) is 5.69. The van der Waals surface area contributed by atoms with Gasteiger partial charge in [-0.05, 0) is 6.92 Å². The van der Waals surface area contributed by atoms with Gasteiger partial charge in [0.25, 0.3) is 0 Å². The fourth-order valence-corrected chi connectivity index (χ4v) is 1.08. The standard InChI is InChI=1S/C8H11ClN2O/c1-5-6(9)3-8(12-2)7(4-10)11-5/h3H,4,10H2,1-2H3. The van der Waals surface area contributed by atoms with Crippen LogP contribution in [-0.4, -0.2) is 12.1 Å². The molecule has 0 aliphatic heterocycles. The average Bonchev–Trinajstić information content (AvgIpc) is 2.09. The zero-order valence-corrected chi connectivity index (χ0v) is 7.85. The highest BCUT2D eigenvalue weighted by molar-refractivity contribution is 6.31. The highest BCUT2D eigenvalue weighted by Crippen LogP contribution is 2.23. The Hall–Kier alpha value is -0.800. The lowest BCUT2D eigenvalue weighted by Crippen LogP contribution is -2.04. The van der Waals surface area contributed by atoms with Gasteiger partial charge < -0.3 is 10.5 Å². The fourth-order valence-electron chi connectivity index (χ4n) is 0.937. The monoisotopic (exact) mass is 186 g/mol. The van der Waals surface area contributed by atoms with E-state index >= 15 is 0 Å². The van der Waals surface area contributed by atoms with E-state index in [0.717, 1.165) is 11.4 Å². The Bertz CT molecular complexity index is 260. The Balaban J connectivity index is 3.19. The van der Waals surface area contributed by atoms with Crippen LogP contribution in [0.5, 0.6) is 5.75 Å². The van der Waals surface area contributed by atoms with Gasteiger partial charge in [0.05, 0.1) is 23.5 Å². The number of ether oxygens (including phenoxy) is 1. The molecule has 0 aromatic carbocycles. The molecule has 3 nitrogen and oxygen atoms in total. The fraction of sp³-hybridized carbons (Fsp3) is 0.375. The Kier molecular flexibility index (Phi) is 2.89. The number of methoxy groups -OCH3 is 1. The van der Waals surface area contributed by atoms with E-state index < -0.39 is 0 Å². The van der Waals surface area contributed by atoms with Gasteiger partial charge >= 0.3 is 0 Å². The van der Waals surface area contributed by atoms with E-state index in [0.29, 0.717) is 17.3 Å². The van der Waals surface area contributed by atoms with Gasteiger partial charge in [0.2, 0.25) is 0 Å². The SMILES string of the molecule is COc1cc(Cl)c(C)nc1CN. The molecule has 66 valence electrons. The number of aromatic nitrogens is 1. The Morgan fingerprint density at radius 2 is 2.33 bits per heavy atom. The maximum Gasteiger partial charge on any atom is 0.143 e. The third-order valence-electron chi connectivity index (χ3n) is 1.60. The van der Waals surface area contributed by atoms with Gasteiger partial charge in [-0.1, -0.05) is 11.6 Å². The van der Waals surface area contributed by atoms with Gasteiger partial charge in [0.15, 0.2) is 0 Å². The van der Waals surface area contributed by atoms with Crippen LogP contribution in [0.2, 0.25) is 5.02 Å². The van der Waals surface area contributed by atoms with Crippen LogP contribution in [0.15, 0.2) is 6.07 Å². The van der Waals surface area contributed by atoms with Crippen LogP contribution in [0, 0.1) is 6.92 Å². The maximum absolute atomic E-state index is 5.84. The number of halogens is 1. The quantitative estimate of drug-likeness (QED) is 0.762. The van der Waals surface area contributed by atoms with Crippen LogP contribution in [-0.2, 0) is 6.54 Å². The lowest BCUT2D eigenvalue weighted by molar-refractivity contribution is 0.406. The summed E-state index contributed by atoms with van der Waals surface area (Å²) in [6.45, 7) is 2.20. The van der Waals surface area contributed by atoms with Crippen molar-refractivity contribution in [3.63, 3.8) is 0 Å². The molecule has 0 aliphatic carbocycles. The zero-order chi connectivity index (χ0) is 9.14. The van der Waals surface area contributed by atoms with Crippen molar-refractivity contribution in [1.29, 1.82) is 0 Å². The van der Waals surface area contributed by atoms with Crippen molar-refractivity contribution in [2.45, 2.75) is 13.5 Å². The van der Waals surface area contributed by atoms with Crippen molar-refractivity contribution < 1.29 is 4.74 Å². The van der Waals surface area contributed by atoms with E-state index in [1.165, 1.54) is 0 Å². The molecule has 0 unspecified atom stereocenters. The largest absolute Gasteiger partial charge is 0.495 e. The highest BCUT2D eigenvalue weighted by atomic mass is 35.5. The second-order valence-electron chi connectivity index (χ2n) is 2.41. The van der Waals surface area contributed by atoms with Crippen molar-refractivity contribution >= 4 is 11.6 Å². The molecule has 1 aromatic heterocycles. The molecule has 0 saturated carbocycles. The number of pyridine rings is 1. The Morgan fingerprint density at radius 3 is 2.83 bits per heavy atom. The van der Waals surface area contributed by atoms with E-state index in [1.807, 2.05) is 6.92 Å². The summed E-state index contributed by atoms with van der Waals surface area (Å²) in [5, 5.41) is 0.601. The number of nitrogens with two attached hydrogens (primary N) is 1. The predicted molar refractivity (Wildman–Crippen MR) is 48.4 cm³/mol. The van der Waals surface area contributed by atoms with Crippen molar-refractivity contribution in [3.8, 4) is 5.75 Å². The minimum atomic E-state index is 0.362. The smallest absolute Gasteiger partial charge is 0.143 e. The molecule has 2 N–H and O–H groups in total. The summed E-state index contributed by atoms with van der Waals surface area (Å²) in [5.41, 5.74) is 6.97. The molecular formula is C8H11ClN2O. The molecule has 4 heteroatoms. The second-order valence-corrected chi connectivity index (χ2v) is 2.82. The molecule has 0 fully saturated rings. The van der Waals surface area contributed by atoms with Gasteiger partial charge in [0, 0.05) is 12.6 Å². The number of aryl methyl sites for hydroxylation is 1. The molecule has 0 aliphatic rings. The lowest BCUT2D eigenvalue weighted by Gasteiger charge is -2.07. The van der Waals surface area contributed by atoms with E-state index in [-0.39, 0.29) is 0 Å². The zero-order valence-electron chi connectivity index (χ0n) is 7.10. The van der Waals surface area contributed by atoms with Crippen LogP contribution < -0.4 is 10.5 Å². The summed E-state index contributed by atoms with van der Waals surface area (Å²) in [4.78, 5) is 4.18. The third kappa shape index (κ3) is 1.68. The van der Waals surface area contributed by atoms with Gasteiger partial charge in [-0.25, -0.2) is 0 Å². The van der Waals surface area contributed by atoms with E-state index in [1.54, 1.807) is 13.2 Å². The van der Waals surface area contributed by atoms with Crippen LogP contribution in [0.25, 0.3) is 0 Å². The molecule has 0 spiro atoms. The molecule has 0 amide bonds. The van der Waals surface area contributed by atoms with Crippen molar-refractivity contribution in [1.82, 2.24) is 4.98 Å². The van der Waals surface area contributed by atoms with Gasteiger partial charge in [-0.2, -0.15) is 0 Å². The summed E-state index contributed by atoms with van der Waals surface area (Å²) in [6, 6.07) is 1.73. The maximum atomic E-state index is 5.84. The summed E-state index contributed by atoms with van der Waals surface area (Å²) in [6.07, 6.45) is 0. The first-order valence-corrected chi connectivity index (χ1v) is 3.97. The predicted octanol–water partition coefficient (Wildman–Crippen LogP) is 1.51. The van der Waals surface area contributed by atoms with Crippen LogP contribution in [0.1, 0.15) is 11.4 Å². The molecule has 0 bridgehead atoms. The summed E-state index contributed by atoms with van der Waals surface area (Å²) in [5.74, 6) is 0.646. The van der Waals surface area contributed by atoms with E-state index in [9.17, 15) is 0 Å². The normalized spacial score (nSPS) is 10.0. The van der Waals surface area contributed by atoms with Crippen molar-refractivity contribution in [2.24, 2.45) is 5.73 Å². The molecule has 0 atom stereocenters. The number of nitrogens with zero attached hydrogens (tertiary/aromatic N) is 1. The molecule has 0 saturated heterocycles. The van der Waals surface area contributed by atoms with Gasteiger partial charge in [-0.15, -0.1) is 0 Å². The first kappa shape index (κ1) is 9.29. The Labute approximate surface area is 76.5 Å². The minimum Gasteiger partial charge on any atom is -0.495 e. The highest BCUT2D eigenvalue weighted by Gasteiger charge is 2.06. The summed E-state index contributed by atoms with van der Waals surface area (Å²) < 4.78 is 5.05. The lowest BCUT2D eigenvalue weighted by atomic mass is 10.3. The topological polar surface area (TPSA) is 48.1 Å². The molecule has 0 radical (unpaired) electrons. The van der Waals surface area contributed by atoms with Crippen molar-refractivity contribution in [3.05, 3.63) is 22.5 Å². The average molecular weight is 187 g/mol. The van der Waals surface area contributed by atoms with Crippen molar-refractivity contribution in [2.75, 3.05) is 7.11 Å². The van der Waals surface area contributed by atoms with E-state index in [2.05, 4.69) is 4.98 Å². The number of hydrogen-bond donors (Lipinski definition) is 1. The van der Waals surface area contributed by atoms with Crippen LogP contribution in [0.3, 0.4) is 0 Å². The Morgan fingerprint density at radius 1 is 1.67 bits per heavy atom. The number of hydrogen-bond acceptors (Lipinski definition) is 3. The van der Waals surface area contributed by atoms with Gasteiger partial charge in [0.1, 0.15) is 5.75 Å². The second kappa shape index (κ2) is 3.74. The molecule has 12 heavy (non-hydrogen) atoms. The van der Waals surface area contributed by atoms with E-state index in [4.69, 9.17) is 22.1 Å². The number of rotatable bonds is 2. The molecule has 1 heterocycles. The van der Waals surface area contributed by atoms with Crippen LogP contribution in [0.4, 0.5) is 0 Å². The molecule has 1 aromatic rings. The molecular weight excluding hydrogens is 176 g/mol. The third-order valence-corrected chi connectivity index (χ3v) is 1.99. The first-order valence-electron chi connectivity index (χ1n) is 3.59. The molecule has 1 rings (SSSR count). The summed E-state index contributed by atoms with van der Waals surface area (Å²) in [7, 11) is 1.57. The minimum absolute atomic E-state index is 0.362.